The number of carbonyl (C=O) groups is 1. The molecule has 7 nitrogen and oxygen atoms in total. The van der Waals surface area contributed by atoms with E-state index in [2.05, 4.69) is 0 Å². The molecule has 4 aromatic carbocycles. The minimum absolute atomic E-state index is 0. The normalized spacial score (nSPS) is 10.8. The molecule has 0 unspecified atom stereocenters. The third-order valence-corrected chi connectivity index (χ3v) is 6.10. The fraction of sp³-hybridized carbons (Fsp3) is 0.0345. The van der Waals surface area contributed by atoms with E-state index in [0.717, 1.165) is 51.9 Å². The number of fused-ring (bicyclic) bond motifs is 1. The zero-order chi connectivity index (χ0) is 29.6. The van der Waals surface area contributed by atoms with Crippen molar-refractivity contribution in [2.75, 3.05) is 4.90 Å². The van der Waals surface area contributed by atoms with Crippen molar-refractivity contribution >= 4 is 33.7 Å². The van der Waals surface area contributed by atoms with Gasteiger partial charge in [-0.3, -0.25) is 14.2 Å². The first kappa shape index (κ1) is 36.6. The van der Waals surface area contributed by atoms with E-state index in [9.17, 15) is 45.4 Å². The van der Waals surface area contributed by atoms with Crippen molar-refractivity contribution in [2.45, 2.75) is 6.18 Å². The Kier molecular flexibility index (Phi) is 11.6. The van der Waals surface area contributed by atoms with E-state index < -0.39 is 52.1 Å². The van der Waals surface area contributed by atoms with Gasteiger partial charge in [-0.2, -0.15) is 13.2 Å². The van der Waals surface area contributed by atoms with Crippen LogP contribution in [0.1, 0.15) is 10.4 Å². The molecule has 0 spiro atoms. The molecule has 0 amide bonds. The molecule has 0 bridgehead atoms. The number of aromatic hydroxyl groups is 1. The van der Waals surface area contributed by atoms with Crippen LogP contribution in [0.3, 0.4) is 0 Å². The van der Waals surface area contributed by atoms with Crippen LogP contribution in [0.25, 0.3) is 16.6 Å². The molecule has 0 atom stereocenters. The summed E-state index contributed by atoms with van der Waals surface area (Å²) < 4.78 is 97.7. The van der Waals surface area contributed by atoms with E-state index in [1.165, 1.54) is 24.3 Å². The number of para-hydroxylation sites is 1. The van der Waals surface area contributed by atoms with E-state index in [1.54, 1.807) is 6.07 Å². The monoisotopic (exact) mass is 761 g/mol. The molecule has 5 aromatic rings. The van der Waals surface area contributed by atoms with E-state index in [1.807, 2.05) is 0 Å². The third-order valence-electron chi connectivity index (χ3n) is 6.10. The number of aromatic nitrogens is 1. The molecule has 1 aromatic heterocycles. The molecular weight excluding hydrogens is 741 g/mol. The average molecular weight is 760 g/mol. The second-order valence-corrected chi connectivity index (χ2v) is 8.82. The van der Waals surface area contributed by atoms with Gasteiger partial charge in [0.05, 0.1) is 16.9 Å². The maximum Gasteiger partial charge on any atom is 0.455 e. The van der Waals surface area contributed by atoms with Gasteiger partial charge in [0.25, 0.3) is 11.3 Å². The van der Waals surface area contributed by atoms with Gasteiger partial charge in [0, 0.05) is 78.3 Å². The van der Waals surface area contributed by atoms with Crippen LogP contribution < -0.4 is 10.5 Å². The maximum absolute atomic E-state index is 14.2. The Morgan fingerprint density at radius 3 is 1.64 bits per heavy atom. The van der Waals surface area contributed by atoms with E-state index >= 15 is 0 Å². The summed E-state index contributed by atoms with van der Waals surface area (Å²) in [6.07, 6.45) is -5.49. The summed E-state index contributed by atoms with van der Waals surface area (Å²) in [5.41, 5.74) is -3.78. The summed E-state index contributed by atoms with van der Waals surface area (Å²) in [4.78, 5) is 26.6. The molecule has 231 valence electrons. The number of alkyl halides is 3. The van der Waals surface area contributed by atoms with Gasteiger partial charge in [-0.1, -0.05) is 18.2 Å². The van der Waals surface area contributed by atoms with E-state index in [4.69, 9.17) is 0 Å². The fourth-order valence-corrected chi connectivity index (χ4v) is 4.47. The van der Waals surface area contributed by atoms with Gasteiger partial charge in [0.1, 0.15) is 34.6 Å². The first-order valence-electron chi connectivity index (χ1n) is 11.7. The van der Waals surface area contributed by atoms with Gasteiger partial charge >= 0.3 is 6.18 Å². The molecule has 0 fully saturated rings. The molecule has 15 heteroatoms. The van der Waals surface area contributed by atoms with Gasteiger partial charge in [-0.15, -0.1) is 0 Å². The van der Waals surface area contributed by atoms with Crippen LogP contribution >= 0.6 is 0 Å². The number of carbonyl (C=O) groups excluding carboxylic acids is 1. The second kappa shape index (κ2) is 14.0. The topological polar surface area (TPSA) is 126 Å². The molecular formula is C29H19EuF7N2O5. The molecule has 0 saturated heterocycles. The van der Waals surface area contributed by atoms with Crippen LogP contribution in [0, 0.1) is 72.6 Å². The van der Waals surface area contributed by atoms with Crippen molar-refractivity contribution in [3.63, 3.8) is 0 Å². The molecule has 1 radical (unpaired) electrons. The number of hydrogen-bond donors (Lipinski definition) is 1. The largest absolute Gasteiger partial charge is 0.506 e. The van der Waals surface area contributed by atoms with Crippen LogP contribution in [0.15, 0.2) is 89.7 Å². The standard InChI is InChI=1S/C29H15F7N2O3.Eu.2H2O/c30-15-8-16(31)11-21(10-15)37(22-12-17(32)9-18(33)13-22)20-6-7-23-24(14-20)38(19-4-2-1-3-5-19)28(41)25(26(23)39)27(40)29(34,35)36;;;/h1-14,39H;;2*1H2. The Balaban J connectivity index is 0.00000225. The summed E-state index contributed by atoms with van der Waals surface area (Å²) in [7, 11) is 0. The third kappa shape index (κ3) is 7.02. The Labute approximate surface area is 283 Å². The number of pyridine rings is 1. The fourth-order valence-electron chi connectivity index (χ4n) is 4.47. The number of halogens is 7. The van der Waals surface area contributed by atoms with E-state index in [0.29, 0.717) is 12.1 Å². The first-order valence-corrected chi connectivity index (χ1v) is 11.7. The SMILES string of the molecule is O.O.O=C(c1c(O)c2ccc(N(c3cc(F)cc(F)c3)c3cc(F)cc(F)c3)cc2n(-c2ccccc2)c1=O)C(F)(F)F.[Eu]. The van der Waals surface area contributed by atoms with Crippen molar-refractivity contribution in [3.8, 4) is 11.4 Å². The molecule has 0 aliphatic rings. The zero-order valence-corrected chi connectivity index (χ0v) is 24.2. The Morgan fingerprint density at radius 1 is 0.705 bits per heavy atom. The van der Waals surface area contributed by atoms with Gasteiger partial charge in [-0.05, 0) is 54.6 Å². The minimum Gasteiger partial charge on any atom is -0.506 e. The summed E-state index contributed by atoms with van der Waals surface area (Å²) >= 11 is 0. The first-order chi connectivity index (χ1) is 19.3. The van der Waals surface area contributed by atoms with E-state index in [-0.39, 0.29) is 94.0 Å². The molecule has 1 heterocycles. The summed E-state index contributed by atoms with van der Waals surface area (Å²) in [6, 6.07) is 15.2. The van der Waals surface area contributed by atoms with Gasteiger partial charge in [-0.25, -0.2) is 17.6 Å². The quantitative estimate of drug-likeness (QED) is 0.179. The second-order valence-electron chi connectivity index (χ2n) is 8.82. The number of benzene rings is 4. The number of rotatable bonds is 5. The number of ketones is 1. The number of hydrogen-bond acceptors (Lipinski definition) is 4. The predicted octanol–water partition coefficient (Wildman–Crippen LogP) is 5.82. The number of anilines is 3. The molecule has 44 heavy (non-hydrogen) atoms. The Bertz CT molecular complexity index is 1810. The summed E-state index contributed by atoms with van der Waals surface area (Å²) in [5.74, 6) is -7.93. The van der Waals surface area contributed by atoms with Crippen molar-refractivity contribution in [1.82, 2.24) is 4.57 Å². The maximum atomic E-state index is 14.2. The van der Waals surface area contributed by atoms with Crippen molar-refractivity contribution in [3.05, 3.63) is 124 Å². The predicted molar refractivity (Wildman–Crippen MR) is 143 cm³/mol. The summed E-state index contributed by atoms with van der Waals surface area (Å²) in [6.45, 7) is 0. The molecule has 0 aliphatic carbocycles. The molecule has 0 aliphatic heterocycles. The zero-order valence-electron chi connectivity index (χ0n) is 21.8. The smallest absolute Gasteiger partial charge is 0.455 e. The molecule has 5 rings (SSSR count). The van der Waals surface area contributed by atoms with Crippen LogP contribution in [0.4, 0.5) is 47.8 Å². The van der Waals surface area contributed by atoms with Crippen LogP contribution in [-0.4, -0.2) is 32.6 Å². The Morgan fingerprint density at radius 2 is 1.18 bits per heavy atom. The van der Waals surface area contributed by atoms with Crippen LogP contribution in [0.2, 0.25) is 0 Å². The molecule has 0 saturated carbocycles. The minimum atomic E-state index is -5.49. The van der Waals surface area contributed by atoms with Gasteiger partial charge in [0.15, 0.2) is 0 Å². The van der Waals surface area contributed by atoms with Gasteiger partial charge < -0.3 is 21.0 Å². The number of nitrogens with zero attached hydrogens (tertiary/aromatic N) is 2. The number of Topliss-reactive ketones (excluding diaryl/α,β-unsaturated/α-hetero) is 1. The average Bonchev–Trinajstić information content (AvgIpc) is 2.88. The van der Waals surface area contributed by atoms with Gasteiger partial charge in [0.2, 0.25) is 0 Å². The van der Waals surface area contributed by atoms with Crippen molar-refractivity contribution in [2.24, 2.45) is 0 Å². The van der Waals surface area contributed by atoms with Crippen molar-refractivity contribution < 1.29 is 101 Å². The van der Waals surface area contributed by atoms with Crippen molar-refractivity contribution in [1.29, 1.82) is 0 Å². The summed E-state index contributed by atoms with van der Waals surface area (Å²) in [5, 5.41) is 10.3. The van der Waals surface area contributed by atoms with Crippen LogP contribution in [-0.2, 0) is 0 Å². The Hall–Kier alpha value is -3.63. The molecule has 5 N–H and O–H groups in total. The van der Waals surface area contributed by atoms with Crippen LogP contribution in [0.5, 0.6) is 5.75 Å².